The maximum absolute atomic E-state index is 16.9. The SMILES string of the molecule is CC[C@H]1OC(=O)C(C)(F)C(=O)[C@H](C)[C@@H](OC2O[C@H](C)C[C@H](N(C)C)[C@H]2C)[C@](C)(OCC#Cc2cc(-c3cccnn3)no2)C[C@@H](C)C(=O)[C@H](C)C2NC(=O)O[C@@]21C. The van der Waals surface area contributed by atoms with Crippen molar-refractivity contribution < 1.29 is 51.8 Å². The van der Waals surface area contributed by atoms with Crippen LogP contribution >= 0.6 is 0 Å². The minimum absolute atomic E-state index is 0.0295. The van der Waals surface area contributed by atoms with Crippen molar-refractivity contribution >= 4 is 23.6 Å². The summed E-state index contributed by atoms with van der Waals surface area (Å²) in [5.41, 5.74) is -5.34. The number of hydrogen-bond acceptors (Lipinski definition) is 14. The number of ketones is 2. The number of amides is 1. The summed E-state index contributed by atoms with van der Waals surface area (Å²) in [6, 6.07) is 4.11. The van der Waals surface area contributed by atoms with Crippen LogP contribution in [0, 0.1) is 35.5 Å². The summed E-state index contributed by atoms with van der Waals surface area (Å²) in [6.07, 6.45) is -2.09. The lowest BCUT2D eigenvalue weighted by molar-refractivity contribution is -0.282. The molecule has 2 aromatic rings. The van der Waals surface area contributed by atoms with Gasteiger partial charge in [-0.2, -0.15) is 5.10 Å². The Hall–Kier alpha value is -4.30. The van der Waals surface area contributed by atoms with Gasteiger partial charge in [0.05, 0.1) is 23.9 Å². The summed E-state index contributed by atoms with van der Waals surface area (Å²) in [7, 11) is 3.92. The third kappa shape index (κ3) is 9.06. The van der Waals surface area contributed by atoms with Crippen LogP contribution in [0.15, 0.2) is 28.9 Å². The van der Waals surface area contributed by atoms with Gasteiger partial charge in [-0.3, -0.25) is 9.59 Å². The highest BCUT2D eigenvalue weighted by atomic mass is 19.1. The number of nitrogens with zero attached hydrogens (tertiary/aromatic N) is 4. The number of fused-ring (bicyclic) bond motifs is 1. The molecular weight excluding hydrogens is 741 g/mol. The Kier molecular flexibility index (Phi) is 13.3. The van der Waals surface area contributed by atoms with Crippen molar-refractivity contribution in [3.8, 4) is 23.2 Å². The number of ether oxygens (including phenoxy) is 5. The molecule has 3 fully saturated rings. The van der Waals surface area contributed by atoms with E-state index in [0.29, 0.717) is 17.8 Å². The van der Waals surface area contributed by atoms with Crippen molar-refractivity contribution in [2.24, 2.45) is 23.7 Å². The van der Waals surface area contributed by atoms with Crippen LogP contribution in [-0.4, -0.2) is 118 Å². The predicted octanol–water partition coefficient (Wildman–Crippen LogP) is 4.71. The summed E-state index contributed by atoms with van der Waals surface area (Å²) < 4.78 is 53.4. The molecular formula is C41H56FN5O10. The van der Waals surface area contributed by atoms with Crippen molar-refractivity contribution in [1.29, 1.82) is 0 Å². The van der Waals surface area contributed by atoms with Crippen LogP contribution in [0.1, 0.15) is 87.3 Å². The van der Waals surface area contributed by atoms with Gasteiger partial charge in [-0.25, -0.2) is 14.0 Å². The Morgan fingerprint density at radius 2 is 1.77 bits per heavy atom. The third-order valence-corrected chi connectivity index (χ3v) is 11.9. The Balaban J connectivity index is 1.57. The molecule has 3 aliphatic rings. The van der Waals surface area contributed by atoms with Gasteiger partial charge in [-0.1, -0.05) is 45.7 Å². The van der Waals surface area contributed by atoms with E-state index >= 15 is 4.39 Å². The molecule has 3 unspecified atom stereocenters. The summed E-state index contributed by atoms with van der Waals surface area (Å²) in [4.78, 5) is 57.4. The van der Waals surface area contributed by atoms with E-state index in [0.717, 1.165) is 6.92 Å². The molecule has 0 saturated carbocycles. The highest BCUT2D eigenvalue weighted by molar-refractivity contribution is 6.08. The van der Waals surface area contributed by atoms with Crippen LogP contribution in [0.3, 0.4) is 0 Å². The number of hydrogen-bond donors (Lipinski definition) is 1. The van der Waals surface area contributed by atoms with Crippen molar-refractivity contribution in [2.75, 3.05) is 20.7 Å². The summed E-state index contributed by atoms with van der Waals surface area (Å²) >= 11 is 0. The zero-order valence-electron chi connectivity index (χ0n) is 34.7. The normalized spacial score (nSPS) is 38.0. The standard InChI is InChI=1S/C41H56FN5O10/c1-12-31-41(9)33(44-38(51)56-41)25(5)32(48)22(2)21-39(7,52-18-14-15-27-20-29(46-57-27)28-16-13-17-43-45-28)35(26(6)34(49)40(8,42)37(50)54-31)55-36-24(4)30(47(10)11)19-23(3)53-36/h13,16-17,20,22-26,30-31,33,35-36H,12,18-19,21H2,1-11H3,(H,44,51)/t22-,23-,24-,25+,26+,30+,31-,33?,35-,36?,39-,40?,41-/m1/s1. The van der Waals surface area contributed by atoms with Crippen LogP contribution in [0.25, 0.3) is 11.4 Å². The number of alkyl carbamates (subject to hydrolysis) is 1. The molecule has 0 aliphatic carbocycles. The lowest BCUT2D eigenvalue weighted by Gasteiger charge is -2.48. The predicted molar refractivity (Wildman–Crippen MR) is 203 cm³/mol. The Labute approximate surface area is 333 Å². The number of rotatable bonds is 7. The van der Waals surface area contributed by atoms with Gasteiger partial charge >= 0.3 is 12.1 Å². The van der Waals surface area contributed by atoms with Crippen LogP contribution in [0.5, 0.6) is 0 Å². The lowest BCUT2D eigenvalue weighted by Crippen LogP contribution is -2.61. The smallest absolute Gasteiger partial charge is 0.408 e. The molecule has 1 amide bonds. The number of halogens is 1. The van der Waals surface area contributed by atoms with Gasteiger partial charge in [0.1, 0.15) is 29.9 Å². The van der Waals surface area contributed by atoms with E-state index in [2.05, 4.69) is 37.4 Å². The van der Waals surface area contributed by atoms with Gasteiger partial charge in [0.2, 0.25) is 5.76 Å². The second kappa shape index (κ2) is 17.3. The minimum Gasteiger partial charge on any atom is -0.455 e. The average Bonchev–Trinajstić information content (AvgIpc) is 3.77. The molecule has 15 nitrogen and oxygen atoms in total. The first kappa shape index (κ1) is 43.8. The Morgan fingerprint density at radius 1 is 1.05 bits per heavy atom. The summed E-state index contributed by atoms with van der Waals surface area (Å²) in [6.45, 7) is 14.2. The molecule has 2 aromatic heterocycles. The minimum atomic E-state index is -3.17. The van der Waals surface area contributed by atoms with E-state index in [1.165, 1.54) is 20.0 Å². The number of carbonyl (C=O) groups excluding carboxylic acids is 4. The Morgan fingerprint density at radius 3 is 2.42 bits per heavy atom. The summed E-state index contributed by atoms with van der Waals surface area (Å²) in [5.74, 6) is -0.0110. The van der Waals surface area contributed by atoms with Gasteiger partial charge in [0, 0.05) is 42.0 Å². The molecule has 5 heterocycles. The van der Waals surface area contributed by atoms with Crippen LogP contribution < -0.4 is 5.32 Å². The molecule has 13 atom stereocenters. The zero-order valence-corrected chi connectivity index (χ0v) is 34.7. The van der Waals surface area contributed by atoms with Crippen molar-refractivity contribution in [3.05, 3.63) is 30.2 Å². The number of alkyl halides is 1. The molecule has 0 radical (unpaired) electrons. The number of carbonyl (C=O) groups is 4. The van der Waals surface area contributed by atoms with Gasteiger partial charge in [0.25, 0.3) is 5.67 Å². The summed E-state index contributed by atoms with van der Waals surface area (Å²) in [5, 5.41) is 14.6. The zero-order chi connectivity index (χ0) is 42.0. The van der Waals surface area contributed by atoms with E-state index < -0.39 is 77.0 Å². The number of esters is 1. The van der Waals surface area contributed by atoms with Gasteiger partial charge in [-0.15, -0.1) is 5.10 Å². The first-order chi connectivity index (χ1) is 26.7. The number of Topliss-reactive ketones (excluding diaryl/α,β-unsaturated/α-hetero) is 2. The number of cyclic esters (lactones) is 1. The van der Waals surface area contributed by atoms with Crippen molar-refractivity contribution in [2.45, 2.75) is 135 Å². The third-order valence-electron chi connectivity index (χ3n) is 11.9. The fourth-order valence-corrected chi connectivity index (χ4v) is 8.67. The van der Waals surface area contributed by atoms with Crippen molar-refractivity contribution in [1.82, 2.24) is 25.6 Å². The largest absolute Gasteiger partial charge is 0.455 e. The van der Waals surface area contributed by atoms with Crippen LogP contribution in [0.4, 0.5) is 9.18 Å². The van der Waals surface area contributed by atoms with E-state index in [4.69, 9.17) is 28.2 Å². The highest BCUT2D eigenvalue weighted by Gasteiger charge is 2.59. The highest BCUT2D eigenvalue weighted by Crippen LogP contribution is 2.42. The molecule has 3 saturated heterocycles. The first-order valence-corrected chi connectivity index (χ1v) is 19.6. The van der Waals surface area contributed by atoms with E-state index in [-0.39, 0.29) is 49.1 Å². The molecule has 312 valence electrons. The Bertz CT molecular complexity index is 1850. The first-order valence-electron chi connectivity index (χ1n) is 19.6. The molecule has 0 spiro atoms. The van der Waals surface area contributed by atoms with Crippen LogP contribution in [-0.2, 0) is 38.1 Å². The molecule has 0 bridgehead atoms. The molecule has 3 aliphatic heterocycles. The van der Waals surface area contributed by atoms with Gasteiger partial charge in [0.15, 0.2) is 17.7 Å². The number of nitrogens with one attached hydrogen (secondary N) is 1. The second-order valence-electron chi connectivity index (χ2n) is 16.5. The van der Waals surface area contributed by atoms with E-state index in [1.807, 2.05) is 27.9 Å². The molecule has 16 heteroatoms. The fourth-order valence-electron chi connectivity index (χ4n) is 8.67. The quantitative estimate of drug-likeness (QED) is 0.231. The van der Waals surface area contributed by atoms with E-state index in [1.54, 1.807) is 45.9 Å². The lowest BCUT2D eigenvalue weighted by atomic mass is 9.73. The van der Waals surface area contributed by atoms with E-state index in [9.17, 15) is 19.2 Å². The molecule has 57 heavy (non-hydrogen) atoms. The van der Waals surface area contributed by atoms with Crippen molar-refractivity contribution in [3.63, 3.8) is 0 Å². The maximum atomic E-state index is 16.9. The second-order valence-corrected chi connectivity index (χ2v) is 16.5. The molecule has 5 rings (SSSR count). The molecule has 0 aromatic carbocycles. The fraction of sp³-hybridized carbons (Fsp3) is 0.683. The molecule has 1 N–H and O–H groups in total. The van der Waals surface area contributed by atoms with Gasteiger partial charge < -0.3 is 38.4 Å². The number of aromatic nitrogens is 3. The topological polar surface area (TPSA) is 182 Å². The van der Waals surface area contributed by atoms with Gasteiger partial charge in [-0.05, 0) is 79.1 Å². The monoisotopic (exact) mass is 797 g/mol. The maximum Gasteiger partial charge on any atom is 0.408 e. The van der Waals surface area contributed by atoms with Crippen LogP contribution in [0.2, 0.25) is 0 Å². The average molecular weight is 798 g/mol.